The quantitative estimate of drug-likeness (QED) is 0.526. The van der Waals surface area contributed by atoms with Crippen LogP contribution in [0.25, 0.3) is 12.2 Å². The summed E-state index contributed by atoms with van der Waals surface area (Å²) < 4.78 is 0. The van der Waals surface area contributed by atoms with E-state index in [9.17, 15) is 0 Å². The van der Waals surface area contributed by atoms with Gasteiger partial charge in [0, 0.05) is 5.56 Å². The van der Waals surface area contributed by atoms with Crippen LogP contribution in [-0.4, -0.2) is 25.7 Å². The van der Waals surface area contributed by atoms with Crippen LogP contribution in [0.1, 0.15) is 11.3 Å². The molecule has 0 amide bonds. The molecule has 2 nitrogen and oxygen atoms in total. The molecule has 0 spiro atoms. The lowest BCUT2D eigenvalue weighted by atomic mass is 9.94. The molecule has 0 N–H and O–H groups in total. The first-order chi connectivity index (χ1) is 5.69. The third-order valence-corrected chi connectivity index (χ3v) is 1.42. The summed E-state index contributed by atoms with van der Waals surface area (Å²) >= 11 is 0. The van der Waals surface area contributed by atoms with Gasteiger partial charge in [-0.05, 0) is 11.7 Å². The van der Waals surface area contributed by atoms with Gasteiger partial charge >= 0.3 is 0 Å². The Kier molecular flexibility index (Phi) is 2.48. The van der Waals surface area contributed by atoms with E-state index in [4.69, 9.17) is 15.7 Å². The predicted molar refractivity (Wildman–Crippen MR) is 53.0 cm³/mol. The zero-order chi connectivity index (χ0) is 9.14. The highest BCUT2D eigenvalue weighted by Gasteiger charge is 2.02. The van der Waals surface area contributed by atoms with Gasteiger partial charge in [-0.15, -0.1) is 0 Å². The molecule has 0 aliphatic rings. The number of rotatable bonds is 2. The predicted octanol–water partition coefficient (Wildman–Crippen LogP) is -0.650. The number of nitrogens with zero attached hydrogens (tertiary/aromatic N) is 2. The molecule has 1 heterocycles. The van der Waals surface area contributed by atoms with Crippen LogP contribution in [0.3, 0.4) is 0 Å². The van der Waals surface area contributed by atoms with Crippen molar-refractivity contribution in [3.8, 4) is 0 Å². The first-order valence-electron chi connectivity index (χ1n) is 3.37. The van der Waals surface area contributed by atoms with Crippen molar-refractivity contribution in [3.63, 3.8) is 0 Å². The van der Waals surface area contributed by atoms with Gasteiger partial charge in [0.05, 0.1) is 11.4 Å². The Balaban J connectivity index is 3.43. The zero-order valence-corrected chi connectivity index (χ0v) is 6.62. The molecule has 1 rings (SSSR count). The fourth-order valence-electron chi connectivity index (χ4n) is 0.888. The second kappa shape index (κ2) is 3.39. The van der Waals surface area contributed by atoms with Crippen molar-refractivity contribution in [2.24, 2.45) is 0 Å². The molecular formula is C8H6B2N2. The van der Waals surface area contributed by atoms with E-state index in [2.05, 4.69) is 23.1 Å². The lowest BCUT2D eigenvalue weighted by Crippen LogP contribution is -2.27. The fraction of sp³-hybridized carbons (Fsp3) is 0. The van der Waals surface area contributed by atoms with Crippen LogP contribution in [0.5, 0.6) is 0 Å². The minimum Gasteiger partial charge on any atom is -0.261 e. The number of hydrogen-bond donors (Lipinski definition) is 0. The molecule has 1 aromatic heterocycles. The van der Waals surface area contributed by atoms with Crippen molar-refractivity contribution in [2.45, 2.75) is 0 Å². The zero-order valence-electron chi connectivity index (χ0n) is 6.62. The van der Waals surface area contributed by atoms with Crippen LogP contribution < -0.4 is 11.3 Å². The summed E-state index contributed by atoms with van der Waals surface area (Å²) in [4.78, 5) is 7.70. The second-order valence-electron chi connectivity index (χ2n) is 2.17. The van der Waals surface area contributed by atoms with E-state index in [-0.39, 0.29) is 5.72 Å². The Morgan fingerprint density at radius 1 is 1.08 bits per heavy atom. The van der Waals surface area contributed by atoms with Crippen LogP contribution in [0.15, 0.2) is 13.2 Å². The third kappa shape index (κ3) is 1.47. The third-order valence-electron chi connectivity index (χ3n) is 1.42. The minimum absolute atomic E-state index is 0.146. The molecule has 0 saturated heterocycles. The molecule has 12 heavy (non-hydrogen) atoms. The van der Waals surface area contributed by atoms with Crippen LogP contribution in [0.4, 0.5) is 0 Å². The van der Waals surface area contributed by atoms with E-state index in [1.165, 1.54) is 0 Å². The minimum atomic E-state index is 0.146. The SMILES string of the molecule is [B]c1nc([B])c(C=C)c(C=C)n1. The average molecular weight is 152 g/mol. The van der Waals surface area contributed by atoms with Crippen molar-refractivity contribution >= 4 is 39.2 Å². The first-order valence-corrected chi connectivity index (χ1v) is 3.37. The summed E-state index contributed by atoms with van der Waals surface area (Å²) in [5, 5.41) is 0. The highest BCUT2D eigenvalue weighted by Crippen LogP contribution is 2.01. The summed E-state index contributed by atoms with van der Waals surface area (Å²) in [7, 11) is 10.9. The molecule has 4 heteroatoms. The van der Waals surface area contributed by atoms with Crippen LogP contribution >= 0.6 is 0 Å². The lowest BCUT2D eigenvalue weighted by Gasteiger charge is -2.05. The van der Waals surface area contributed by atoms with Crippen molar-refractivity contribution in [2.75, 3.05) is 0 Å². The molecule has 1 aromatic rings. The van der Waals surface area contributed by atoms with Crippen molar-refractivity contribution in [3.05, 3.63) is 24.4 Å². The maximum Gasteiger partial charge on any atom is 0.170 e. The van der Waals surface area contributed by atoms with Gasteiger partial charge < -0.3 is 0 Å². The first kappa shape index (κ1) is 8.78. The number of hydrogen-bond acceptors (Lipinski definition) is 2. The maximum absolute atomic E-state index is 5.56. The molecular weight excluding hydrogens is 146 g/mol. The van der Waals surface area contributed by atoms with E-state index in [1.54, 1.807) is 12.2 Å². The van der Waals surface area contributed by atoms with E-state index in [1.807, 2.05) is 0 Å². The van der Waals surface area contributed by atoms with Gasteiger partial charge in [0.2, 0.25) is 0 Å². The molecule has 4 radical (unpaired) electrons. The van der Waals surface area contributed by atoms with Gasteiger partial charge in [0.25, 0.3) is 0 Å². The normalized spacial score (nSPS) is 9.33. The highest BCUT2D eigenvalue weighted by atomic mass is 14.9. The molecule has 0 unspecified atom stereocenters. The summed E-state index contributed by atoms with van der Waals surface area (Å²) in [6, 6.07) is 0. The average Bonchev–Trinajstić information content (AvgIpc) is 2.03. The maximum atomic E-state index is 5.56. The van der Waals surface area contributed by atoms with Crippen molar-refractivity contribution in [1.82, 2.24) is 9.97 Å². The Hall–Kier alpha value is -1.31. The van der Waals surface area contributed by atoms with E-state index >= 15 is 0 Å². The Morgan fingerprint density at radius 2 is 1.75 bits per heavy atom. The van der Waals surface area contributed by atoms with Gasteiger partial charge in [-0.1, -0.05) is 19.2 Å². The lowest BCUT2D eigenvalue weighted by molar-refractivity contribution is 1.24. The number of aromatic nitrogens is 2. The van der Waals surface area contributed by atoms with Crippen molar-refractivity contribution in [1.29, 1.82) is 0 Å². The Morgan fingerprint density at radius 3 is 2.25 bits per heavy atom. The molecule has 0 saturated carbocycles. The molecule has 54 valence electrons. The monoisotopic (exact) mass is 152 g/mol. The van der Waals surface area contributed by atoms with E-state index < -0.39 is 0 Å². The Labute approximate surface area is 74.3 Å². The molecule has 0 aliphatic carbocycles. The Bertz CT molecular complexity index is 334. The largest absolute Gasteiger partial charge is 0.261 e. The van der Waals surface area contributed by atoms with E-state index in [0.717, 1.165) is 0 Å². The summed E-state index contributed by atoms with van der Waals surface area (Å²) in [5.74, 6) is 0. The standard InChI is InChI=1S/C8H6B2N2/c1-3-5-6(4-2)11-8(10)12-7(5)9/h3-4H,1-2H2. The van der Waals surface area contributed by atoms with Gasteiger partial charge in [-0.3, -0.25) is 4.98 Å². The van der Waals surface area contributed by atoms with Crippen LogP contribution in [-0.2, 0) is 0 Å². The van der Waals surface area contributed by atoms with E-state index in [0.29, 0.717) is 16.9 Å². The summed E-state index contributed by atoms with van der Waals surface area (Å²) in [6.45, 7) is 7.15. The van der Waals surface area contributed by atoms with Gasteiger partial charge in [-0.25, -0.2) is 4.98 Å². The topological polar surface area (TPSA) is 25.8 Å². The molecule has 0 atom stereocenters. The van der Waals surface area contributed by atoms with Crippen LogP contribution in [0.2, 0.25) is 0 Å². The smallest absolute Gasteiger partial charge is 0.170 e. The summed E-state index contributed by atoms with van der Waals surface area (Å²) in [5.41, 5.74) is 1.75. The molecule has 0 bridgehead atoms. The highest BCUT2D eigenvalue weighted by molar-refractivity contribution is 6.35. The van der Waals surface area contributed by atoms with Gasteiger partial charge in [-0.2, -0.15) is 0 Å². The molecule has 0 fully saturated rings. The fourth-order valence-corrected chi connectivity index (χ4v) is 0.888. The summed E-state index contributed by atoms with van der Waals surface area (Å²) in [6.07, 6.45) is 3.14. The second-order valence-corrected chi connectivity index (χ2v) is 2.17. The van der Waals surface area contributed by atoms with Gasteiger partial charge in [0.15, 0.2) is 7.85 Å². The van der Waals surface area contributed by atoms with Crippen LogP contribution in [0, 0.1) is 0 Å². The van der Waals surface area contributed by atoms with Crippen molar-refractivity contribution < 1.29 is 0 Å². The molecule has 0 aromatic carbocycles. The molecule has 0 aliphatic heterocycles. The van der Waals surface area contributed by atoms with Gasteiger partial charge in [0.1, 0.15) is 7.85 Å².